The minimum Gasteiger partial charge on any atom is -0.473 e. The van der Waals surface area contributed by atoms with Crippen molar-refractivity contribution in [2.24, 2.45) is 7.05 Å². The smallest absolute Gasteiger partial charge is 0.266 e. The summed E-state index contributed by atoms with van der Waals surface area (Å²) in [6.07, 6.45) is 8.28. The van der Waals surface area contributed by atoms with Crippen LogP contribution in [-0.2, 0) is 7.05 Å². The molecule has 0 aromatic carbocycles. The number of aryl methyl sites for hydroxylation is 1. The minimum atomic E-state index is -0.131. The number of hydrogen-bond acceptors (Lipinski definition) is 7. The molecule has 1 aliphatic heterocycles. The zero-order valence-corrected chi connectivity index (χ0v) is 20.4. The fourth-order valence-electron chi connectivity index (χ4n) is 5.32. The maximum atomic E-state index is 11.6. The third kappa shape index (κ3) is 4.66. The summed E-state index contributed by atoms with van der Waals surface area (Å²) in [4.78, 5) is 18.7. The van der Waals surface area contributed by atoms with Crippen molar-refractivity contribution >= 4 is 16.7 Å². The van der Waals surface area contributed by atoms with Crippen LogP contribution in [0.5, 0.6) is 5.88 Å². The fraction of sp³-hybridized carbons (Fsp3) is 0.600. The van der Waals surface area contributed by atoms with Crippen molar-refractivity contribution in [3.05, 3.63) is 40.4 Å². The zero-order chi connectivity index (χ0) is 23.7. The van der Waals surface area contributed by atoms with Crippen molar-refractivity contribution < 1.29 is 4.74 Å². The number of nitrogens with one attached hydrogen (secondary N) is 1. The summed E-state index contributed by atoms with van der Waals surface area (Å²) in [7, 11) is 3.84. The van der Waals surface area contributed by atoms with Gasteiger partial charge in [0.1, 0.15) is 11.9 Å². The standard InChI is InChI=1S/C25H35N7O2/c1-4-26-22-15-21-20(16-27-22)25(17-11-13-30(2)14-12-17)29-32(21)18-5-7-19(8-6-18)34-23-9-10-24(33)31(3)28-23/h9-10,15-19H,4-8,11-14H2,1-3H3,(H,26,27)/t18-,19+. The molecule has 3 aromatic heterocycles. The lowest BCUT2D eigenvalue weighted by Crippen LogP contribution is -2.29. The van der Waals surface area contributed by atoms with E-state index in [0.29, 0.717) is 17.8 Å². The Morgan fingerprint density at radius 1 is 1.06 bits per heavy atom. The molecule has 2 aliphatic rings. The van der Waals surface area contributed by atoms with Crippen LogP contribution in [0.1, 0.15) is 63.1 Å². The lowest BCUT2D eigenvalue weighted by Gasteiger charge is -2.29. The Labute approximate surface area is 200 Å². The van der Waals surface area contributed by atoms with Gasteiger partial charge in [-0.3, -0.25) is 9.48 Å². The molecule has 0 unspecified atom stereocenters. The summed E-state index contributed by atoms with van der Waals surface area (Å²) in [5, 5.41) is 14.0. The Morgan fingerprint density at radius 2 is 1.82 bits per heavy atom. The van der Waals surface area contributed by atoms with Crippen LogP contribution in [0, 0.1) is 0 Å². The highest BCUT2D eigenvalue weighted by atomic mass is 16.5. The van der Waals surface area contributed by atoms with Crippen LogP contribution in [0.25, 0.3) is 10.9 Å². The van der Waals surface area contributed by atoms with Crippen molar-refractivity contribution in [1.29, 1.82) is 0 Å². The Balaban J connectivity index is 1.36. The van der Waals surface area contributed by atoms with Crippen LogP contribution >= 0.6 is 0 Å². The van der Waals surface area contributed by atoms with Gasteiger partial charge in [-0.15, -0.1) is 5.10 Å². The number of hydrogen-bond donors (Lipinski definition) is 1. The molecule has 34 heavy (non-hydrogen) atoms. The van der Waals surface area contributed by atoms with E-state index in [4.69, 9.17) is 9.84 Å². The lowest BCUT2D eigenvalue weighted by atomic mass is 9.92. The highest BCUT2D eigenvalue weighted by Crippen LogP contribution is 2.37. The summed E-state index contributed by atoms with van der Waals surface area (Å²) < 4.78 is 9.69. The topological polar surface area (TPSA) is 90.1 Å². The van der Waals surface area contributed by atoms with Crippen LogP contribution in [0.2, 0.25) is 0 Å². The van der Waals surface area contributed by atoms with E-state index in [1.54, 1.807) is 13.1 Å². The highest BCUT2D eigenvalue weighted by Gasteiger charge is 2.29. The van der Waals surface area contributed by atoms with Crippen molar-refractivity contribution in [1.82, 2.24) is 29.4 Å². The third-order valence-electron chi connectivity index (χ3n) is 7.30. The molecule has 0 spiro atoms. The first-order valence-electron chi connectivity index (χ1n) is 12.5. The van der Waals surface area contributed by atoms with Gasteiger partial charge in [-0.1, -0.05) is 0 Å². The van der Waals surface area contributed by atoms with Crippen LogP contribution < -0.4 is 15.6 Å². The van der Waals surface area contributed by atoms with Crippen LogP contribution in [0.3, 0.4) is 0 Å². The number of fused-ring (bicyclic) bond motifs is 1. The van der Waals surface area contributed by atoms with E-state index in [2.05, 4.69) is 45.0 Å². The van der Waals surface area contributed by atoms with Crippen LogP contribution in [0.4, 0.5) is 5.82 Å². The van der Waals surface area contributed by atoms with Gasteiger partial charge in [-0.05, 0) is 65.6 Å². The van der Waals surface area contributed by atoms with Crippen molar-refractivity contribution in [2.45, 2.75) is 63.5 Å². The number of piperidine rings is 1. The SMILES string of the molecule is CCNc1cc2c(cn1)c(C1CCN(C)CC1)nn2[C@H]1CC[C@@H](Oc2ccc(=O)n(C)n2)CC1. The first kappa shape index (κ1) is 22.8. The second-order valence-corrected chi connectivity index (χ2v) is 9.71. The number of likely N-dealkylation sites (tertiary alicyclic amines) is 1. The predicted octanol–water partition coefficient (Wildman–Crippen LogP) is 3.33. The van der Waals surface area contributed by atoms with Crippen LogP contribution in [0.15, 0.2) is 29.2 Å². The molecule has 1 saturated carbocycles. The summed E-state index contributed by atoms with van der Waals surface area (Å²) in [6.45, 7) is 5.16. The minimum absolute atomic E-state index is 0.107. The molecule has 1 saturated heterocycles. The van der Waals surface area contributed by atoms with Crippen LogP contribution in [-0.4, -0.2) is 62.2 Å². The summed E-state index contributed by atoms with van der Waals surface area (Å²) in [5.41, 5.74) is 2.27. The third-order valence-corrected chi connectivity index (χ3v) is 7.30. The van der Waals surface area contributed by atoms with Gasteiger partial charge >= 0.3 is 0 Å². The Bertz CT molecular complexity index is 1190. The maximum absolute atomic E-state index is 11.6. The van der Waals surface area contributed by atoms with Gasteiger partial charge in [-0.25, -0.2) is 9.67 Å². The van der Waals surface area contributed by atoms with Gasteiger partial charge in [0.15, 0.2) is 0 Å². The molecular weight excluding hydrogens is 430 g/mol. The molecule has 9 nitrogen and oxygen atoms in total. The normalized spacial score (nSPS) is 22.2. The molecular formula is C25H35N7O2. The van der Waals surface area contributed by atoms with Gasteiger partial charge < -0.3 is 15.0 Å². The number of ether oxygens (including phenoxy) is 1. The molecule has 0 radical (unpaired) electrons. The van der Waals surface area contributed by atoms with E-state index in [1.165, 1.54) is 27.3 Å². The van der Waals surface area contributed by atoms with E-state index in [1.807, 2.05) is 6.20 Å². The molecule has 5 rings (SSSR count). The number of aromatic nitrogens is 5. The average Bonchev–Trinajstić information content (AvgIpc) is 3.21. The Morgan fingerprint density at radius 3 is 2.53 bits per heavy atom. The Hall–Kier alpha value is -2.94. The van der Waals surface area contributed by atoms with Crippen molar-refractivity contribution in [3.8, 4) is 5.88 Å². The largest absolute Gasteiger partial charge is 0.473 e. The van der Waals surface area contributed by atoms with Gasteiger partial charge in [-0.2, -0.15) is 5.10 Å². The monoisotopic (exact) mass is 465 g/mol. The van der Waals surface area contributed by atoms with Crippen molar-refractivity contribution in [2.75, 3.05) is 32.0 Å². The zero-order valence-electron chi connectivity index (χ0n) is 20.4. The van der Waals surface area contributed by atoms with Gasteiger partial charge in [0.2, 0.25) is 5.88 Å². The predicted molar refractivity (Wildman–Crippen MR) is 133 cm³/mol. The van der Waals surface area contributed by atoms with E-state index in [-0.39, 0.29) is 11.7 Å². The lowest BCUT2D eigenvalue weighted by molar-refractivity contribution is 0.123. The molecule has 2 fully saturated rings. The molecule has 1 N–H and O–H groups in total. The van der Waals surface area contributed by atoms with Gasteiger partial charge in [0.25, 0.3) is 5.56 Å². The number of nitrogens with zero attached hydrogens (tertiary/aromatic N) is 6. The maximum Gasteiger partial charge on any atom is 0.266 e. The van der Waals surface area contributed by atoms with E-state index >= 15 is 0 Å². The van der Waals surface area contributed by atoms with Gasteiger partial charge in [0.05, 0.1) is 17.3 Å². The first-order valence-corrected chi connectivity index (χ1v) is 12.5. The molecule has 9 heteroatoms. The molecule has 0 atom stereocenters. The number of rotatable bonds is 6. The number of anilines is 1. The second kappa shape index (κ2) is 9.74. The number of pyridine rings is 1. The van der Waals surface area contributed by atoms with E-state index in [0.717, 1.165) is 64.0 Å². The second-order valence-electron chi connectivity index (χ2n) is 9.71. The summed E-state index contributed by atoms with van der Waals surface area (Å²) in [5.74, 6) is 1.91. The molecule has 182 valence electrons. The highest BCUT2D eigenvalue weighted by molar-refractivity contribution is 5.84. The first-order chi connectivity index (χ1) is 16.5. The van der Waals surface area contributed by atoms with E-state index < -0.39 is 0 Å². The van der Waals surface area contributed by atoms with E-state index in [9.17, 15) is 4.79 Å². The molecule has 4 heterocycles. The molecule has 1 aliphatic carbocycles. The Kier molecular flexibility index (Phi) is 6.54. The molecule has 3 aromatic rings. The van der Waals surface area contributed by atoms with Crippen molar-refractivity contribution in [3.63, 3.8) is 0 Å². The summed E-state index contributed by atoms with van der Waals surface area (Å²) in [6, 6.07) is 5.68. The fourth-order valence-corrected chi connectivity index (χ4v) is 5.32. The summed E-state index contributed by atoms with van der Waals surface area (Å²) >= 11 is 0. The average molecular weight is 466 g/mol. The van der Waals surface area contributed by atoms with Gasteiger partial charge in [0, 0.05) is 49.3 Å². The molecule has 0 bridgehead atoms. The molecule has 0 amide bonds. The quantitative estimate of drug-likeness (QED) is 0.597.